The van der Waals surface area contributed by atoms with Crippen molar-refractivity contribution in [3.63, 3.8) is 0 Å². The van der Waals surface area contributed by atoms with E-state index in [1.807, 2.05) is 78.9 Å². The van der Waals surface area contributed by atoms with Crippen LogP contribution in [0.25, 0.3) is 10.1 Å². The van der Waals surface area contributed by atoms with Gasteiger partial charge in [-0.1, -0.05) is 48.0 Å². The van der Waals surface area contributed by atoms with E-state index in [-0.39, 0.29) is 11.0 Å². The Morgan fingerprint density at radius 2 is 1.55 bits per heavy atom. The summed E-state index contributed by atoms with van der Waals surface area (Å²) < 4.78 is 6.71. The van der Waals surface area contributed by atoms with E-state index in [1.54, 1.807) is 0 Å². The number of amides is 1. The van der Waals surface area contributed by atoms with Crippen molar-refractivity contribution in [2.45, 2.75) is 0 Å². The molecule has 2 N–H and O–H groups in total. The summed E-state index contributed by atoms with van der Waals surface area (Å²) in [6.07, 6.45) is 0. The van der Waals surface area contributed by atoms with E-state index in [9.17, 15) is 4.79 Å². The number of benzene rings is 3. The number of hydrogen-bond donors (Lipinski definition) is 2. The molecule has 0 saturated heterocycles. The summed E-state index contributed by atoms with van der Waals surface area (Å²) in [6, 6.07) is 24.4. The van der Waals surface area contributed by atoms with Gasteiger partial charge in [-0.2, -0.15) is 0 Å². The summed E-state index contributed by atoms with van der Waals surface area (Å²) in [6.45, 7) is 0. The zero-order valence-electron chi connectivity index (χ0n) is 15.0. The lowest BCUT2D eigenvalue weighted by molar-refractivity contribution is 0.0982. The van der Waals surface area contributed by atoms with Crippen molar-refractivity contribution in [2.24, 2.45) is 0 Å². The van der Waals surface area contributed by atoms with E-state index in [1.165, 1.54) is 11.3 Å². The fourth-order valence-corrected chi connectivity index (χ4v) is 4.34. The Bertz CT molecular complexity index is 1170. The van der Waals surface area contributed by atoms with Crippen LogP contribution in [-0.4, -0.2) is 11.0 Å². The zero-order valence-corrected chi connectivity index (χ0v) is 17.4. The van der Waals surface area contributed by atoms with Crippen LogP contribution in [0.3, 0.4) is 0 Å². The van der Waals surface area contributed by atoms with E-state index in [0.29, 0.717) is 15.6 Å². The lowest BCUT2D eigenvalue weighted by Crippen LogP contribution is -2.33. The van der Waals surface area contributed by atoms with E-state index < -0.39 is 0 Å². The van der Waals surface area contributed by atoms with Crippen molar-refractivity contribution in [2.75, 3.05) is 5.32 Å². The molecule has 29 heavy (non-hydrogen) atoms. The summed E-state index contributed by atoms with van der Waals surface area (Å²) in [5.41, 5.74) is 0.734. The number of ether oxygens (including phenoxy) is 1. The molecule has 4 rings (SSSR count). The first-order valence-electron chi connectivity index (χ1n) is 8.72. The summed E-state index contributed by atoms with van der Waals surface area (Å²) in [4.78, 5) is 13.0. The second-order valence-corrected chi connectivity index (χ2v) is 7.93. The number of anilines is 1. The third kappa shape index (κ3) is 4.56. The molecule has 0 atom stereocenters. The van der Waals surface area contributed by atoms with E-state index in [2.05, 4.69) is 10.6 Å². The number of nitrogens with one attached hydrogen (secondary N) is 2. The van der Waals surface area contributed by atoms with Crippen LogP contribution >= 0.6 is 35.2 Å². The molecule has 0 spiro atoms. The van der Waals surface area contributed by atoms with Crippen LogP contribution in [0, 0.1) is 0 Å². The molecule has 3 aromatic carbocycles. The Balaban J connectivity index is 1.39. The number of thiophene rings is 1. The molecule has 1 heterocycles. The van der Waals surface area contributed by atoms with Gasteiger partial charge in [0.05, 0.1) is 5.02 Å². The molecule has 0 bridgehead atoms. The highest BCUT2D eigenvalue weighted by atomic mass is 35.5. The molecule has 0 aliphatic heterocycles. The molecule has 0 aliphatic carbocycles. The summed E-state index contributed by atoms with van der Waals surface area (Å²) in [5, 5.41) is 7.16. The van der Waals surface area contributed by atoms with E-state index in [0.717, 1.165) is 21.5 Å². The largest absolute Gasteiger partial charge is 0.457 e. The quantitative estimate of drug-likeness (QED) is 0.358. The average molecular weight is 439 g/mol. The summed E-state index contributed by atoms with van der Waals surface area (Å²) in [7, 11) is 0. The molecular weight excluding hydrogens is 424 g/mol. The van der Waals surface area contributed by atoms with Gasteiger partial charge in [0, 0.05) is 15.8 Å². The fourth-order valence-electron chi connectivity index (χ4n) is 2.71. The number of carbonyl (C=O) groups is 1. The van der Waals surface area contributed by atoms with Crippen LogP contribution < -0.4 is 15.4 Å². The van der Waals surface area contributed by atoms with Crippen molar-refractivity contribution in [1.29, 1.82) is 0 Å². The summed E-state index contributed by atoms with van der Waals surface area (Å²) in [5.74, 6) is 1.13. The molecule has 144 valence electrons. The second kappa shape index (κ2) is 8.61. The van der Waals surface area contributed by atoms with Crippen LogP contribution in [0.2, 0.25) is 5.02 Å². The smallest absolute Gasteiger partial charge is 0.269 e. The molecule has 4 aromatic rings. The van der Waals surface area contributed by atoms with Gasteiger partial charge in [-0.3, -0.25) is 10.1 Å². The van der Waals surface area contributed by atoms with Gasteiger partial charge < -0.3 is 10.1 Å². The van der Waals surface area contributed by atoms with Crippen LogP contribution in [-0.2, 0) is 0 Å². The van der Waals surface area contributed by atoms with Crippen LogP contribution in [0.15, 0.2) is 78.9 Å². The molecule has 0 fully saturated rings. The standard InChI is InChI=1S/C22H15ClN2O2S2/c23-19-17-8-4-5-9-18(17)29-20(19)21(26)25-22(28)24-14-10-12-16(13-11-14)27-15-6-2-1-3-7-15/h1-13H,(H2,24,25,26,28). The molecule has 1 aromatic heterocycles. The molecule has 7 heteroatoms. The number of carbonyl (C=O) groups excluding carboxylic acids is 1. The van der Waals surface area contributed by atoms with Gasteiger partial charge in [0.1, 0.15) is 16.4 Å². The lowest BCUT2D eigenvalue weighted by Gasteiger charge is -2.10. The van der Waals surface area contributed by atoms with Crippen molar-refractivity contribution in [3.05, 3.63) is 88.8 Å². The molecule has 0 radical (unpaired) electrons. The maximum atomic E-state index is 12.6. The second-order valence-electron chi connectivity index (χ2n) is 6.09. The lowest BCUT2D eigenvalue weighted by atomic mass is 10.2. The number of para-hydroxylation sites is 1. The van der Waals surface area contributed by atoms with Crippen LogP contribution in [0.4, 0.5) is 5.69 Å². The average Bonchev–Trinajstić information content (AvgIpc) is 3.07. The SMILES string of the molecule is O=C(NC(=S)Nc1ccc(Oc2ccccc2)cc1)c1sc2ccccc2c1Cl. The van der Waals surface area contributed by atoms with Crippen LogP contribution in [0.5, 0.6) is 11.5 Å². The Morgan fingerprint density at radius 3 is 2.28 bits per heavy atom. The number of rotatable bonds is 4. The highest BCUT2D eigenvalue weighted by Crippen LogP contribution is 2.35. The highest BCUT2D eigenvalue weighted by molar-refractivity contribution is 7.80. The third-order valence-corrected chi connectivity index (χ3v) is 5.94. The normalized spacial score (nSPS) is 10.5. The Morgan fingerprint density at radius 1 is 0.897 bits per heavy atom. The van der Waals surface area contributed by atoms with Gasteiger partial charge in [-0.15, -0.1) is 11.3 Å². The number of thiocarbonyl (C=S) groups is 1. The first-order chi connectivity index (χ1) is 14.1. The number of fused-ring (bicyclic) bond motifs is 1. The first-order valence-corrected chi connectivity index (χ1v) is 10.3. The highest BCUT2D eigenvalue weighted by Gasteiger charge is 2.17. The van der Waals surface area contributed by atoms with Crippen molar-refractivity contribution in [3.8, 4) is 11.5 Å². The van der Waals surface area contributed by atoms with Crippen molar-refractivity contribution in [1.82, 2.24) is 5.32 Å². The van der Waals surface area contributed by atoms with Gasteiger partial charge in [0.15, 0.2) is 5.11 Å². The number of hydrogen-bond acceptors (Lipinski definition) is 4. The molecule has 0 unspecified atom stereocenters. The first kappa shape index (κ1) is 19.4. The van der Waals surface area contributed by atoms with Gasteiger partial charge in [-0.05, 0) is 54.7 Å². The van der Waals surface area contributed by atoms with Gasteiger partial charge in [0.25, 0.3) is 5.91 Å². The van der Waals surface area contributed by atoms with Gasteiger partial charge >= 0.3 is 0 Å². The van der Waals surface area contributed by atoms with E-state index >= 15 is 0 Å². The monoisotopic (exact) mass is 438 g/mol. The molecule has 1 amide bonds. The molecule has 4 nitrogen and oxygen atoms in total. The molecule has 0 saturated carbocycles. The van der Waals surface area contributed by atoms with Crippen molar-refractivity contribution >= 4 is 61.9 Å². The Kier molecular flexibility index (Phi) is 5.76. The zero-order chi connectivity index (χ0) is 20.2. The predicted molar refractivity (Wildman–Crippen MR) is 123 cm³/mol. The van der Waals surface area contributed by atoms with Crippen molar-refractivity contribution < 1.29 is 9.53 Å². The maximum absolute atomic E-state index is 12.6. The Hall–Kier alpha value is -2.93. The van der Waals surface area contributed by atoms with Gasteiger partial charge in [-0.25, -0.2) is 0 Å². The topological polar surface area (TPSA) is 50.4 Å². The predicted octanol–water partition coefficient (Wildman–Crippen LogP) is 6.47. The minimum atomic E-state index is -0.335. The van der Waals surface area contributed by atoms with Gasteiger partial charge in [0.2, 0.25) is 0 Å². The summed E-state index contributed by atoms with van der Waals surface area (Å²) >= 11 is 12.9. The third-order valence-electron chi connectivity index (χ3n) is 4.06. The Labute approximate surface area is 182 Å². The maximum Gasteiger partial charge on any atom is 0.269 e. The van der Waals surface area contributed by atoms with E-state index in [4.69, 9.17) is 28.6 Å². The fraction of sp³-hybridized carbons (Fsp3) is 0. The minimum absolute atomic E-state index is 0.195. The molecule has 0 aliphatic rings. The van der Waals surface area contributed by atoms with Crippen LogP contribution in [0.1, 0.15) is 9.67 Å². The molecular formula is C22H15ClN2O2S2. The number of halogens is 1. The minimum Gasteiger partial charge on any atom is -0.457 e.